The third-order valence-electron chi connectivity index (χ3n) is 4.50. The number of phenols is 1. The summed E-state index contributed by atoms with van der Waals surface area (Å²) < 4.78 is 28.3. The topological polar surface area (TPSA) is 95.5 Å². The maximum Gasteiger partial charge on any atom is 0.271 e. The smallest absolute Gasteiger partial charge is 0.271 e. The van der Waals surface area contributed by atoms with Crippen LogP contribution < -0.4 is 10.0 Å². The molecule has 2 aromatic carbocycles. The summed E-state index contributed by atoms with van der Waals surface area (Å²) in [5, 5.41) is 18.0. The average Bonchev–Trinajstić information content (AvgIpc) is 3.39. The molecule has 154 valence electrons. The summed E-state index contributed by atoms with van der Waals surface area (Å²) in [4.78, 5) is 12.4. The van der Waals surface area contributed by atoms with Crippen molar-refractivity contribution in [1.82, 2.24) is 5.32 Å². The second-order valence-corrected chi connectivity index (χ2v) is 10.3. The average molecular weight is 459 g/mol. The first-order valence-corrected chi connectivity index (χ1v) is 12.3. The molecule has 6 nitrogen and oxygen atoms in total. The molecule has 0 radical (unpaired) electrons. The maximum atomic E-state index is 12.4. The van der Waals surface area contributed by atoms with Crippen molar-refractivity contribution in [3.05, 3.63) is 76.5 Å². The molecule has 0 aliphatic rings. The zero-order chi connectivity index (χ0) is 21.1. The van der Waals surface area contributed by atoms with Gasteiger partial charge in [0, 0.05) is 17.3 Å². The van der Waals surface area contributed by atoms with E-state index in [0.29, 0.717) is 13.0 Å². The normalized spacial score (nSPS) is 11.5. The molecule has 0 fully saturated rings. The van der Waals surface area contributed by atoms with E-state index in [1.807, 2.05) is 12.1 Å². The van der Waals surface area contributed by atoms with Crippen LogP contribution >= 0.6 is 22.7 Å². The van der Waals surface area contributed by atoms with E-state index in [-0.39, 0.29) is 21.2 Å². The van der Waals surface area contributed by atoms with Crippen LogP contribution in [0.15, 0.2) is 69.6 Å². The fraction of sp³-hybridized carbons (Fsp3) is 0.0952. The number of benzene rings is 2. The molecule has 9 heteroatoms. The van der Waals surface area contributed by atoms with Gasteiger partial charge in [0.15, 0.2) is 0 Å². The van der Waals surface area contributed by atoms with Crippen LogP contribution in [-0.2, 0) is 16.4 Å². The molecule has 0 unspecified atom stereocenters. The van der Waals surface area contributed by atoms with Crippen molar-refractivity contribution in [3.63, 3.8) is 0 Å². The van der Waals surface area contributed by atoms with Gasteiger partial charge in [0.2, 0.25) is 0 Å². The fourth-order valence-corrected chi connectivity index (χ4v) is 6.08. The molecule has 0 saturated heterocycles. The Balaban J connectivity index is 1.39. The van der Waals surface area contributed by atoms with Crippen molar-refractivity contribution in [2.24, 2.45) is 0 Å². The number of thiophene rings is 2. The van der Waals surface area contributed by atoms with Crippen molar-refractivity contribution in [2.75, 3.05) is 11.3 Å². The Kier molecular flexibility index (Phi) is 5.76. The highest BCUT2D eigenvalue weighted by atomic mass is 32.2. The number of aromatic hydroxyl groups is 1. The highest BCUT2D eigenvalue weighted by molar-refractivity contribution is 7.94. The molecule has 0 atom stereocenters. The van der Waals surface area contributed by atoms with Crippen LogP contribution in [-0.4, -0.2) is 26.0 Å². The number of hydrogen-bond donors (Lipinski definition) is 3. The number of carbonyl (C=O) groups excluding carboxylic acids is 1. The van der Waals surface area contributed by atoms with E-state index >= 15 is 0 Å². The number of carbonyl (C=O) groups is 1. The molecule has 0 aliphatic carbocycles. The van der Waals surface area contributed by atoms with Gasteiger partial charge in [-0.1, -0.05) is 24.3 Å². The molecule has 30 heavy (non-hydrogen) atoms. The van der Waals surface area contributed by atoms with Crippen molar-refractivity contribution in [2.45, 2.75) is 10.6 Å². The first-order valence-electron chi connectivity index (χ1n) is 9.07. The van der Waals surface area contributed by atoms with Crippen molar-refractivity contribution in [3.8, 4) is 5.75 Å². The number of amides is 1. The Morgan fingerprint density at radius 1 is 1.03 bits per heavy atom. The zero-order valence-corrected chi connectivity index (χ0v) is 18.1. The van der Waals surface area contributed by atoms with E-state index in [1.165, 1.54) is 39.9 Å². The summed E-state index contributed by atoms with van der Waals surface area (Å²) in [7, 11) is -3.72. The minimum Gasteiger partial charge on any atom is -0.507 e. The van der Waals surface area contributed by atoms with Crippen molar-refractivity contribution >= 4 is 54.4 Å². The summed E-state index contributed by atoms with van der Waals surface area (Å²) in [6, 6.07) is 15.3. The molecule has 0 saturated carbocycles. The van der Waals surface area contributed by atoms with E-state index in [4.69, 9.17) is 0 Å². The van der Waals surface area contributed by atoms with Crippen molar-refractivity contribution < 1.29 is 18.3 Å². The summed E-state index contributed by atoms with van der Waals surface area (Å²) in [6.45, 7) is 0.422. The molecule has 4 rings (SSSR count). The van der Waals surface area contributed by atoms with E-state index in [0.717, 1.165) is 11.3 Å². The van der Waals surface area contributed by atoms with Crippen LogP contribution in [0.2, 0.25) is 0 Å². The fourth-order valence-electron chi connectivity index (χ4n) is 3.04. The molecular formula is C21H18N2O4S3. The molecule has 0 spiro atoms. The minimum atomic E-state index is -3.72. The Bertz CT molecular complexity index is 1300. The first-order chi connectivity index (χ1) is 14.4. The third-order valence-corrected chi connectivity index (χ3v) is 8.29. The third kappa shape index (κ3) is 4.33. The number of anilines is 1. The number of fused-ring (bicyclic) bond motifs is 1. The number of nitrogens with one attached hydrogen (secondary N) is 2. The Hall–Kier alpha value is -2.88. The van der Waals surface area contributed by atoms with Gasteiger partial charge in [0.25, 0.3) is 15.9 Å². The number of rotatable bonds is 7. The monoisotopic (exact) mass is 458 g/mol. The van der Waals surface area contributed by atoms with Gasteiger partial charge in [-0.05, 0) is 52.4 Å². The van der Waals surface area contributed by atoms with Gasteiger partial charge in [-0.2, -0.15) is 0 Å². The maximum absolute atomic E-state index is 12.4. The molecule has 0 aliphatic heterocycles. The van der Waals surface area contributed by atoms with Crippen LogP contribution in [0.25, 0.3) is 10.1 Å². The summed E-state index contributed by atoms with van der Waals surface area (Å²) in [6.07, 6.45) is 0.676. The summed E-state index contributed by atoms with van der Waals surface area (Å²) >= 11 is 2.76. The number of phenolic OH excluding ortho intramolecular Hbond substituents is 1. The SMILES string of the molecule is O=C(NCCc1csc2ccccc12)c1ccc(NS(=O)(=O)c2cccs2)cc1O. The van der Waals surface area contributed by atoms with Crippen molar-refractivity contribution in [1.29, 1.82) is 0 Å². The van der Waals surface area contributed by atoms with Gasteiger partial charge in [-0.15, -0.1) is 22.7 Å². The molecule has 1 amide bonds. The van der Waals surface area contributed by atoms with Gasteiger partial charge in [0.05, 0.1) is 11.3 Å². The quantitative estimate of drug-likeness (QED) is 0.381. The highest BCUT2D eigenvalue weighted by Crippen LogP contribution is 2.27. The predicted molar refractivity (Wildman–Crippen MR) is 121 cm³/mol. The van der Waals surface area contributed by atoms with Gasteiger partial charge in [-0.25, -0.2) is 8.42 Å². The van der Waals surface area contributed by atoms with Crippen LogP contribution in [0.4, 0.5) is 5.69 Å². The summed E-state index contributed by atoms with van der Waals surface area (Å²) in [5.74, 6) is -0.709. The number of hydrogen-bond acceptors (Lipinski definition) is 6. The minimum absolute atomic E-state index is 0.0873. The number of sulfonamides is 1. The van der Waals surface area contributed by atoms with E-state index in [9.17, 15) is 18.3 Å². The highest BCUT2D eigenvalue weighted by Gasteiger charge is 2.17. The second kappa shape index (κ2) is 8.47. The Morgan fingerprint density at radius 2 is 1.87 bits per heavy atom. The van der Waals surface area contributed by atoms with Gasteiger partial charge in [0.1, 0.15) is 9.96 Å². The van der Waals surface area contributed by atoms with E-state index in [2.05, 4.69) is 27.6 Å². The van der Waals surface area contributed by atoms with E-state index < -0.39 is 15.9 Å². The van der Waals surface area contributed by atoms with Crippen LogP contribution in [0.3, 0.4) is 0 Å². The largest absolute Gasteiger partial charge is 0.507 e. The van der Waals surface area contributed by atoms with Gasteiger partial charge < -0.3 is 10.4 Å². The molecule has 2 heterocycles. The Morgan fingerprint density at radius 3 is 2.63 bits per heavy atom. The van der Waals surface area contributed by atoms with Gasteiger partial charge >= 0.3 is 0 Å². The predicted octanol–water partition coefficient (Wildman–Crippen LogP) is 4.44. The van der Waals surface area contributed by atoms with Crippen LogP contribution in [0.5, 0.6) is 5.75 Å². The van der Waals surface area contributed by atoms with Crippen LogP contribution in [0.1, 0.15) is 15.9 Å². The van der Waals surface area contributed by atoms with E-state index in [1.54, 1.807) is 22.8 Å². The lowest BCUT2D eigenvalue weighted by atomic mass is 10.1. The van der Waals surface area contributed by atoms with Crippen LogP contribution in [0, 0.1) is 0 Å². The lowest BCUT2D eigenvalue weighted by molar-refractivity contribution is 0.0951. The lowest BCUT2D eigenvalue weighted by Crippen LogP contribution is -2.25. The standard InChI is InChI=1S/C21H18N2O4S3/c24-18-12-15(23-30(26,27)20-6-3-11-28-20)7-8-17(18)21(25)22-10-9-14-13-29-19-5-2-1-4-16(14)19/h1-8,11-13,23-24H,9-10H2,(H,22,25). The summed E-state index contributed by atoms with van der Waals surface area (Å²) in [5.41, 5.74) is 1.44. The zero-order valence-electron chi connectivity index (χ0n) is 15.7. The molecule has 2 aromatic heterocycles. The molecule has 3 N–H and O–H groups in total. The first kappa shape index (κ1) is 20.4. The molecule has 0 bridgehead atoms. The van der Waals surface area contributed by atoms with Gasteiger partial charge in [-0.3, -0.25) is 9.52 Å². The molecule has 4 aromatic rings. The second-order valence-electron chi connectivity index (χ2n) is 6.53. The Labute approximate surface area is 181 Å². The molecular weight excluding hydrogens is 440 g/mol. The lowest BCUT2D eigenvalue weighted by Gasteiger charge is -2.10.